The normalized spacial score (nSPS) is 12.6. The summed E-state index contributed by atoms with van der Waals surface area (Å²) in [6.07, 6.45) is 1.81. The maximum Gasteiger partial charge on any atom is 0.221 e. The molecule has 1 rings (SSSR count). The van der Waals surface area contributed by atoms with Crippen LogP contribution in [0.2, 0.25) is 0 Å². The van der Waals surface area contributed by atoms with Gasteiger partial charge in [0.2, 0.25) is 15.9 Å². The molecule has 0 unspecified atom stereocenters. The Morgan fingerprint density at radius 1 is 1.25 bits per heavy atom. The maximum absolute atomic E-state index is 12.1. The molecule has 0 aliphatic rings. The third kappa shape index (κ3) is 8.28. The topological polar surface area (TPSA) is 93.7 Å². The summed E-state index contributed by atoms with van der Waals surface area (Å²) in [7, 11) is -1.89. The van der Waals surface area contributed by atoms with Gasteiger partial charge in [0.1, 0.15) is 5.75 Å². The lowest BCUT2D eigenvalue weighted by Gasteiger charge is -2.18. The quantitative estimate of drug-likeness (QED) is 0.580. The zero-order valence-electron chi connectivity index (χ0n) is 14.4. The van der Waals surface area contributed by atoms with E-state index in [0.29, 0.717) is 37.5 Å². The van der Waals surface area contributed by atoms with E-state index in [4.69, 9.17) is 9.47 Å². The Kier molecular flexibility index (Phi) is 8.73. The Hall–Kier alpha value is -1.64. The van der Waals surface area contributed by atoms with Gasteiger partial charge in [-0.25, -0.2) is 13.1 Å². The zero-order valence-corrected chi connectivity index (χ0v) is 15.2. The van der Waals surface area contributed by atoms with Crippen molar-refractivity contribution in [2.24, 2.45) is 0 Å². The second-order valence-electron chi connectivity index (χ2n) is 5.32. The van der Waals surface area contributed by atoms with E-state index in [1.165, 1.54) is 0 Å². The minimum Gasteiger partial charge on any atom is -0.497 e. The van der Waals surface area contributed by atoms with E-state index >= 15 is 0 Å². The van der Waals surface area contributed by atoms with Gasteiger partial charge in [0.05, 0.1) is 19.4 Å². The highest BCUT2D eigenvalue weighted by atomic mass is 32.2. The summed E-state index contributed by atoms with van der Waals surface area (Å²) in [6.45, 7) is 3.63. The number of benzene rings is 1. The van der Waals surface area contributed by atoms with Crippen LogP contribution in [0.3, 0.4) is 0 Å². The first-order valence-electron chi connectivity index (χ1n) is 7.81. The van der Waals surface area contributed by atoms with Crippen molar-refractivity contribution >= 4 is 15.9 Å². The number of nitrogens with one attached hydrogen (secondary N) is 2. The van der Waals surface area contributed by atoms with Gasteiger partial charge in [0.25, 0.3) is 0 Å². The van der Waals surface area contributed by atoms with Gasteiger partial charge in [-0.15, -0.1) is 0 Å². The van der Waals surface area contributed by atoms with Gasteiger partial charge in [-0.05, 0) is 31.0 Å². The number of methoxy groups -OCH3 is 1. The molecule has 8 heteroatoms. The van der Waals surface area contributed by atoms with Crippen molar-refractivity contribution in [3.63, 3.8) is 0 Å². The van der Waals surface area contributed by atoms with E-state index < -0.39 is 16.1 Å². The van der Waals surface area contributed by atoms with Crippen LogP contribution in [-0.2, 0) is 19.6 Å². The molecule has 0 radical (unpaired) electrons. The summed E-state index contributed by atoms with van der Waals surface area (Å²) in [4.78, 5) is 12.1. The molecule has 0 aliphatic carbocycles. The molecule has 1 atom stereocenters. The standard InChI is InChI=1S/C16H26N2O5S/c1-4-23-11-5-10-17-16(19)12-15(18-24(3,20)21)13-6-8-14(22-2)9-7-13/h6-9,15,18H,4-5,10-12H2,1-3H3,(H,17,19)/t15-/m0/s1. The molecular weight excluding hydrogens is 332 g/mol. The summed E-state index contributed by atoms with van der Waals surface area (Å²) in [5.74, 6) is 0.445. The second kappa shape index (κ2) is 10.3. The number of amides is 1. The fraction of sp³-hybridized carbons (Fsp3) is 0.562. The molecule has 1 aromatic carbocycles. The lowest BCUT2D eigenvalue weighted by Crippen LogP contribution is -2.33. The number of carbonyl (C=O) groups excluding carboxylic acids is 1. The molecule has 0 aromatic heterocycles. The zero-order chi connectivity index (χ0) is 18.0. The minimum atomic E-state index is -3.45. The number of sulfonamides is 1. The van der Waals surface area contributed by atoms with Gasteiger partial charge in [-0.1, -0.05) is 12.1 Å². The molecule has 0 bridgehead atoms. The van der Waals surface area contributed by atoms with Crippen molar-refractivity contribution < 1.29 is 22.7 Å². The molecule has 0 fully saturated rings. The first kappa shape index (κ1) is 20.4. The van der Waals surface area contributed by atoms with E-state index in [2.05, 4.69) is 10.0 Å². The summed E-state index contributed by atoms with van der Waals surface area (Å²) >= 11 is 0. The van der Waals surface area contributed by atoms with Crippen LogP contribution < -0.4 is 14.8 Å². The van der Waals surface area contributed by atoms with Gasteiger partial charge in [0.15, 0.2) is 0 Å². The number of ether oxygens (including phenoxy) is 2. The van der Waals surface area contributed by atoms with Gasteiger partial charge >= 0.3 is 0 Å². The third-order valence-corrected chi connectivity index (χ3v) is 3.97. The smallest absolute Gasteiger partial charge is 0.221 e. The lowest BCUT2D eigenvalue weighted by molar-refractivity contribution is -0.121. The first-order chi connectivity index (χ1) is 11.4. The van der Waals surface area contributed by atoms with Gasteiger partial charge < -0.3 is 14.8 Å². The molecule has 136 valence electrons. The van der Waals surface area contributed by atoms with Crippen molar-refractivity contribution in [1.29, 1.82) is 0 Å². The molecule has 0 spiro atoms. The molecule has 7 nitrogen and oxygen atoms in total. The highest BCUT2D eigenvalue weighted by Crippen LogP contribution is 2.21. The Morgan fingerprint density at radius 2 is 1.92 bits per heavy atom. The number of hydrogen-bond acceptors (Lipinski definition) is 5. The summed E-state index contributed by atoms with van der Waals surface area (Å²) in [5.41, 5.74) is 0.700. The van der Waals surface area contributed by atoms with E-state index in [1.54, 1.807) is 31.4 Å². The molecule has 0 saturated carbocycles. The number of hydrogen-bond donors (Lipinski definition) is 2. The number of carbonyl (C=O) groups is 1. The summed E-state index contributed by atoms with van der Waals surface area (Å²) in [5, 5.41) is 2.77. The maximum atomic E-state index is 12.1. The Labute approximate surface area is 143 Å². The van der Waals surface area contributed by atoms with Crippen LogP contribution in [0, 0.1) is 0 Å². The average molecular weight is 358 g/mol. The molecule has 1 aromatic rings. The predicted octanol–water partition coefficient (Wildman–Crippen LogP) is 1.22. The summed E-state index contributed by atoms with van der Waals surface area (Å²) in [6, 6.07) is 6.31. The fourth-order valence-electron chi connectivity index (χ4n) is 2.13. The Bertz CT molecular complexity index is 601. The molecule has 24 heavy (non-hydrogen) atoms. The van der Waals surface area contributed by atoms with Crippen LogP contribution in [0.5, 0.6) is 5.75 Å². The van der Waals surface area contributed by atoms with E-state index in [0.717, 1.165) is 6.26 Å². The van der Waals surface area contributed by atoms with Crippen molar-refractivity contribution in [2.75, 3.05) is 33.1 Å². The molecule has 0 heterocycles. The van der Waals surface area contributed by atoms with Crippen molar-refractivity contribution in [3.05, 3.63) is 29.8 Å². The monoisotopic (exact) mass is 358 g/mol. The van der Waals surface area contributed by atoms with Crippen LogP contribution >= 0.6 is 0 Å². The highest BCUT2D eigenvalue weighted by molar-refractivity contribution is 7.88. The van der Waals surface area contributed by atoms with E-state index in [9.17, 15) is 13.2 Å². The third-order valence-electron chi connectivity index (χ3n) is 3.26. The molecular formula is C16H26N2O5S. The van der Waals surface area contributed by atoms with E-state index in [-0.39, 0.29) is 12.3 Å². The first-order valence-corrected chi connectivity index (χ1v) is 9.70. The fourth-order valence-corrected chi connectivity index (χ4v) is 2.86. The average Bonchev–Trinajstić information content (AvgIpc) is 2.53. The molecule has 2 N–H and O–H groups in total. The van der Waals surface area contributed by atoms with Gasteiger partial charge in [-0.2, -0.15) is 0 Å². The van der Waals surface area contributed by atoms with Crippen LogP contribution in [-0.4, -0.2) is 47.4 Å². The van der Waals surface area contributed by atoms with E-state index in [1.807, 2.05) is 6.92 Å². The van der Waals surface area contributed by atoms with Crippen molar-refractivity contribution in [2.45, 2.75) is 25.8 Å². The lowest BCUT2D eigenvalue weighted by atomic mass is 10.0. The number of rotatable bonds is 11. The Balaban J connectivity index is 2.66. The highest BCUT2D eigenvalue weighted by Gasteiger charge is 2.19. The van der Waals surface area contributed by atoms with Crippen LogP contribution in [0.15, 0.2) is 24.3 Å². The predicted molar refractivity (Wildman–Crippen MR) is 92.5 cm³/mol. The van der Waals surface area contributed by atoms with Crippen LogP contribution in [0.4, 0.5) is 0 Å². The molecule has 1 amide bonds. The molecule has 0 saturated heterocycles. The van der Waals surface area contributed by atoms with Gasteiger partial charge in [0, 0.05) is 26.2 Å². The molecule has 0 aliphatic heterocycles. The van der Waals surface area contributed by atoms with Crippen LogP contribution in [0.25, 0.3) is 0 Å². The van der Waals surface area contributed by atoms with Crippen LogP contribution in [0.1, 0.15) is 31.4 Å². The second-order valence-corrected chi connectivity index (χ2v) is 7.10. The largest absolute Gasteiger partial charge is 0.497 e. The SMILES string of the molecule is CCOCCCNC(=O)C[C@H](NS(C)(=O)=O)c1ccc(OC)cc1. The van der Waals surface area contributed by atoms with Crippen molar-refractivity contribution in [3.8, 4) is 5.75 Å². The van der Waals surface area contributed by atoms with Gasteiger partial charge in [-0.3, -0.25) is 4.79 Å². The Morgan fingerprint density at radius 3 is 2.46 bits per heavy atom. The van der Waals surface area contributed by atoms with Crippen molar-refractivity contribution in [1.82, 2.24) is 10.0 Å². The summed E-state index contributed by atoms with van der Waals surface area (Å²) < 4.78 is 35.9. The minimum absolute atomic E-state index is 0.0219.